The summed E-state index contributed by atoms with van der Waals surface area (Å²) in [5, 5.41) is 18.5. The highest BCUT2D eigenvalue weighted by atomic mass is 15.7. The third kappa shape index (κ3) is 1.68. The predicted octanol–water partition coefficient (Wildman–Crippen LogP) is -1.34. The number of tetrazole rings is 1. The molecular formula is C9H13N9. The first-order chi connectivity index (χ1) is 8.90. The fourth-order valence-electron chi connectivity index (χ4n) is 2.31. The molecule has 3 N–H and O–H groups in total. The molecule has 0 aromatic carbocycles. The lowest BCUT2D eigenvalue weighted by Crippen LogP contribution is -2.29. The van der Waals surface area contributed by atoms with E-state index in [2.05, 4.69) is 41.5 Å². The molecule has 2 aromatic heterocycles. The van der Waals surface area contributed by atoms with Crippen molar-refractivity contribution in [2.24, 2.45) is 0 Å². The quantitative estimate of drug-likeness (QED) is 0.562. The number of fused-ring (bicyclic) bond motifs is 1. The van der Waals surface area contributed by atoms with Crippen LogP contribution in [0.5, 0.6) is 0 Å². The van der Waals surface area contributed by atoms with E-state index < -0.39 is 0 Å². The first-order valence-electron chi connectivity index (χ1n) is 5.96. The van der Waals surface area contributed by atoms with Crippen molar-refractivity contribution in [2.75, 3.05) is 6.54 Å². The van der Waals surface area contributed by atoms with Crippen molar-refractivity contribution in [3.8, 4) is 11.5 Å². The van der Waals surface area contributed by atoms with E-state index in [0.29, 0.717) is 12.1 Å². The molecule has 1 fully saturated rings. The van der Waals surface area contributed by atoms with E-state index >= 15 is 0 Å². The van der Waals surface area contributed by atoms with E-state index in [1.54, 1.807) is 0 Å². The van der Waals surface area contributed by atoms with Crippen molar-refractivity contribution in [1.29, 1.82) is 0 Å². The van der Waals surface area contributed by atoms with E-state index in [9.17, 15) is 0 Å². The summed E-state index contributed by atoms with van der Waals surface area (Å²) in [4.78, 5) is 2.35. The molecule has 0 amide bonds. The number of hydrogen-bond donors (Lipinski definition) is 3. The highest BCUT2D eigenvalue weighted by molar-refractivity contribution is 5.47. The summed E-state index contributed by atoms with van der Waals surface area (Å²) >= 11 is 0. The number of nitrogens with zero attached hydrogens (tertiary/aromatic N) is 6. The number of rotatable bonds is 2. The third-order valence-electron chi connectivity index (χ3n) is 3.26. The third-order valence-corrected chi connectivity index (χ3v) is 3.26. The molecule has 18 heavy (non-hydrogen) atoms. The van der Waals surface area contributed by atoms with E-state index in [1.807, 2.05) is 10.7 Å². The van der Waals surface area contributed by atoms with Crippen LogP contribution in [0.4, 0.5) is 0 Å². The Morgan fingerprint density at radius 3 is 3.00 bits per heavy atom. The van der Waals surface area contributed by atoms with Gasteiger partial charge in [0.25, 0.3) is 0 Å². The number of aromatic nitrogens is 6. The highest BCUT2D eigenvalue weighted by Crippen LogP contribution is 2.19. The summed E-state index contributed by atoms with van der Waals surface area (Å²) in [6.45, 7) is 2.86. The number of aryl methyl sites for hydroxylation is 1. The van der Waals surface area contributed by atoms with Crippen LogP contribution in [-0.4, -0.2) is 48.1 Å². The van der Waals surface area contributed by atoms with Gasteiger partial charge in [0.15, 0.2) is 0 Å². The minimum Gasteiger partial charge on any atom is -0.268 e. The maximum Gasteiger partial charge on any atom is 0.224 e. The topological polar surface area (TPSA) is 119 Å². The Balaban J connectivity index is 1.65. The van der Waals surface area contributed by atoms with Crippen LogP contribution in [0, 0.1) is 0 Å². The van der Waals surface area contributed by atoms with Crippen LogP contribution in [0.2, 0.25) is 0 Å². The molecule has 1 saturated heterocycles. The molecule has 0 saturated carbocycles. The fraction of sp³-hybridized carbons (Fsp3) is 0.556. The summed E-state index contributed by atoms with van der Waals surface area (Å²) in [5.41, 5.74) is 8.17. The second-order valence-corrected chi connectivity index (χ2v) is 4.49. The van der Waals surface area contributed by atoms with Gasteiger partial charge in [-0.1, -0.05) is 0 Å². The zero-order chi connectivity index (χ0) is 11.9. The van der Waals surface area contributed by atoms with Crippen LogP contribution >= 0.6 is 0 Å². The van der Waals surface area contributed by atoms with Gasteiger partial charge < -0.3 is 0 Å². The van der Waals surface area contributed by atoms with Crippen molar-refractivity contribution in [1.82, 2.24) is 46.2 Å². The van der Waals surface area contributed by atoms with Gasteiger partial charge >= 0.3 is 0 Å². The van der Waals surface area contributed by atoms with Gasteiger partial charge in [-0.05, 0) is 17.7 Å². The molecule has 0 aliphatic carbocycles. The second kappa shape index (κ2) is 3.83. The molecule has 2 aliphatic heterocycles. The van der Waals surface area contributed by atoms with Crippen molar-refractivity contribution in [3.63, 3.8) is 0 Å². The SMILES string of the molecule is c1c(-c2nn[nH]n2)nn2c1CN(C1NN1)CCC2. The molecule has 4 heterocycles. The zero-order valence-corrected chi connectivity index (χ0v) is 9.67. The molecule has 2 aliphatic rings. The average Bonchev–Trinajstić information content (AvgIpc) is 2.99. The molecule has 2 aromatic rings. The lowest BCUT2D eigenvalue weighted by molar-refractivity contribution is 0.249. The van der Waals surface area contributed by atoms with Crippen LogP contribution in [0.25, 0.3) is 11.5 Å². The van der Waals surface area contributed by atoms with E-state index in [4.69, 9.17) is 0 Å². The first kappa shape index (κ1) is 10.1. The van der Waals surface area contributed by atoms with Gasteiger partial charge in [0.2, 0.25) is 5.82 Å². The Morgan fingerprint density at radius 2 is 2.22 bits per heavy atom. The van der Waals surface area contributed by atoms with Crippen LogP contribution in [0.15, 0.2) is 6.07 Å². The average molecular weight is 247 g/mol. The van der Waals surface area contributed by atoms with Crippen LogP contribution in [-0.2, 0) is 13.1 Å². The highest BCUT2D eigenvalue weighted by Gasteiger charge is 2.30. The Hall–Kier alpha value is -1.84. The number of hydrogen-bond acceptors (Lipinski definition) is 7. The first-order valence-corrected chi connectivity index (χ1v) is 5.96. The van der Waals surface area contributed by atoms with Crippen molar-refractivity contribution < 1.29 is 0 Å². The van der Waals surface area contributed by atoms with Crippen molar-refractivity contribution in [2.45, 2.75) is 25.8 Å². The van der Waals surface area contributed by atoms with Gasteiger partial charge in [0, 0.05) is 19.6 Å². The molecule has 0 radical (unpaired) electrons. The summed E-state index contributed by atoms with van der Waals surface area (Å²) < 4.78 is 2.04. The predicted molar refractivity (Wildman–Crippen MR) is 60.5 cm³/mol. The Bertz CT molecular complexity index is 540. The standard InChI is InChI=1S/C9H13N9/c1-2-17(9-12-13-9)5-6-4-7(14-18(6)3-1)8-10-15-16-11-8/h4,9,12-13H,1-3,5H2,(H,10,11,15,16). The number of hydrazine groups is 1. The number of nitrogens with one attached hydrogen (secondary N) is 3. The minimum absolute atomic E-state index is 0.306. The van der Waals surface area contributed by atoms with Gasteiger partial charge in [-0.2, -0.15) is 10.3 Å². The Kier molecular flexibility index (Phi) is 2.15. The molecule has 94 valence electrons. The van der Waals surface area contributed by atoms with E-state index in [1.165, 1.54) is 5.69 Å². The molecule has 9 heteroatoms. The molecular weight excluding hydrogens is 234 g/mol. The van der Waals surface area contributed by atoms with E-state index in [0.717, 1.165) is 31.7 Å². The molecule has 0 atom stereocenters. The maximum atomic E-state index is 4.53. The molecule has 0 bridgehead atoms. The van der Waals surface area contributed by atoms with Gasteiger partial charge in [-0.3, -0.25) is 9.58 Å². The maximum absolute atomic E-state index is 4.53. The van der Waals surface area contributed by atoms with Gasteiger partial charge in [-0.25, -0.2) is 10.9 Å². The van der Waals surface area contributed by atoms with Crippen LogP contribution < -0.4 is 10.9 Å². The van der Waals surface area contributed by atoms with Gasteiger partial charge in [-0.15, -0.1) is 10.2 Å². The molecule has 9 nitrogen and oxygen atoms in total. The van der Waals surface area contributed by atoms with Crippen LogP contribution in [0.3, 0.4) is 0 Å². The van der Waals surface area contributed by atoms with Gasteiger partial charge in [0.05, 0.1) is 5.69 Å². The lowest BCUT2D eigenvalue weighted by atomic mass is 10.3. The Morgan fingerprint density at radius 1 is 1.28 bits per heavy atom. The summed E-state index contributed by atoms with van der Waals surface area (Å²) in [6.07, 6.45) is 1.39. The molecule has 0 spiro atoms. The van der Waals surface area contributed by atoms with Crippen molar-refractivity contribution >= 4 is 0 Å². The molecule has 0 unspecified atom stereocenters. The summed E-state index contributed by atoms with van der Waals surface area (Å²) in [5.74, 6) is 0.546. The Labute approximate surface area is 103 Å². The summed E-state index contributed by atoms with van der Waals surface area (Å²) in [7, 11) is 0. The summed E-state index contributed by atoms with van der Waals surface area (Å²) in [6, 6.07) is 2.03. The molecule has 4 rings (SSSR count). The normalized spacial score (nSPS) is 20.7. The largest absolute Gasteiger partial charge is 0.268 e. The lowest BCUT2D eigenvalue weighted by Gasteiger charge is -2.15. The van der Waals surface area contributed by atoms with E-state index in [-0.39, 0.29) is 0 Å². The number of aromatic amines is 1. The number of H-pyrrole nitrogens is 1. The monoisotopic (exact) mass is 247 g/mol. The van der Waals surface area contributed by atoms with Crippen molar-refractivity contribution in [3.05, 3.63) is 11.8 Å². The van der Waals surface area contributed by atoms with Crippen LogP contribution in [0.1, 0.15) is 12.1 Å². The smallest absolute Gasteiger partial charge is 0.224 e. The minimum atomic E-state index is 0.306. The van der Waals surface area contributed by atoms with Gasteiger partial charge in [0.1, 0.15) is 12.0 Å². The second-order valence-electron chi connectivity index (χ2n) is 4.49. The fourth-order valence-corrected chi connectivity index (χ4v) is 2.31. The zero-order valence-electron chi connectivity index (χ0n) is 9.67.